The quantitative estimate of drug-likeness (QED) is 0.354. The predicted molar refractivity (Wildman–Crippen MR) is 74.8 cm³/mol. The van der Waals surface area contributed by atoms with E-state index in [0.717, 1.165) is 31.5 Å². The summed E-state index contributed by atoms with van der Waals surface area (Å²) in [5.41, 5.74) is 2.13. The van der Waals surface area contributed by atoms with E-state index >= 15 is 0 Å². The van der Waals surface area contributed by atoms with E-state index in [1.54, 1.807) is 20.0 Å². The first-order valence-electron chi connectivity index (χ1n) is 6.31. The molecular weight excluding hydrogens is 242 g/mol. The SMILES string of the molecule is C#CCCCCNCc1ncc(C)c([N+](=O)[O-])c1C. The summed E-state index contributed by atoms with van der Waals surface area (Å²) in [5.74, 6) is 2.60. The van der Waals surface area contributed by atoms with E-state index < -0.39 is 0 Å². The molecule has 0 saturated heterocycles. The van der Waals surface area contributed by atoms with Crippen molar-refractivity contribution in [2.45, 2.75) is 39.7 Å². The van der Waals surface area contributed by atoms with E-state index in [2.05, 4.69) is 16.2 Å². The van der Waals surface area contributed by atoms with Gasteiger partial charge in [0.25, 0.3) is 5.69 Å². The minimum atomic E-state index is -0.344. The van der Waals surface area contributed by atoms with Gasteiger partial charge in [-0.15, -0.1) is 12.3 Å². The summed E-state index contributed by atoms with van der Waals surface area (Å²) in [7, 11) is 0. The Morgan fingerprint density at radius 3 is 2.84 bits per heavy atom. The number of pyridine rings is 1. The summed E-state index contributed by atoms with van der Waals surface area (Å²) in [6.45, 7) is 4.83. The number of nitrogens with zero attached hydrogens (tertiary/aromatic N) is 2. The van der Waals surface area contributed by atoms with Gasteiger partial charge in [0.05, 0.1) is 10.6 Å². The number of terminal acetylenes is 1. The predicted octanol–water partition coefficient (Wildman–Crippen LogP) is 2.50. The number of nitro groups is 1. The fraction of sp³-hybridized carbons (Fsp3) is 0.500. The van der Waals surface area contributed by atoms with Crippen LogP contribution in [0.3, 0.4) is 0 Å². The van der Waals surface area contributed by atoms with Gasteiger partial charge < -0.3 is 5.32 Å². The molecule has 1 N–H and O–H groups in total. The molecule has 1 aromatic heterocycles. The fourth-order valence-electron chi connectivity index (χ4n) is 1.91. The first kappa shape index (κ1) is 15.1. The second-order valence-electron chi connectivity index (χ2n) is 4.46. The summed E-state index contributed by atoms with van der Waals surface area (Å²) >= 11 is 0. The lowest BCUT2D eigenvalue weighted by molar-refractivity contribution is -0.386. The van der Waals surface area contributed by atoms with E-state index in [1.165, 1.54) is 0 Å². The Kier molecular flexibility index (Phi) is 5.97. The van der Waals surface area contributed by atoms with Crippen molar-refractivity contribution in [1.29, 1.82) is 0 Å². The van der Waals surface area contributed by atoms with Crippen molar-refractivity contribution in [1.82, 2.24) is 10.3 Å². The summed E-state index contributed by atoms with van der Waals surface area (Å²) in [6, 6.07) is 0. The highest BCUT2D eigenvalue weighted by atomic mass is 16.6. The van der Waals surface area contributed by atoms with Gasteiger partial charge in [0.2, 0.25) is 0 Å². The van der Waals surface area contributed by atoms with Crippen molar-refractivity contribution >= 4 is 5.69 Å². The van der Waals surface area contributed by atoms with Crippen LogP contribution in [-0.2, 0) is 6.54 Å². The standard InChI is InChI=1S/C14H19N3O2/c1-4-5-6-7-8-15-10-13-12(3)14(17(18)19)11(2)9-16-13/h1,9,15H,5-8,10H2,2-3H3. The normalized spacial score (nSPS) is 10.2. The second-order valence-corrected chi connectivity index (χ2v) is 4.46. The van der Waals surface area contributed by atoms with Crippen LogP contribution < -0.4 is 5.32 Å². The highest BCUT2D eigenvalue weighted by Crippen LogP contribution is 2.23. The van der Waals surface area contributed by atoms with Gasteiger partial charge in [0.15, 0.2) is 0 Å². The average Bonchev–Trinajstić information content (AvgIpc) is 2.35. The monoisotopic (exact) mass is 261 g/mol. The molecule has 0 aliphatic rings. The number of aromatic nitrogens is 1. The molecule has 0 atom stereocenters. The molecule has 1 rings (SSSR count). The van der Waals surface area contributed by atoms with E-state index in [1.807, 2.05) is 0 Å². The summed E-state index contributed by atoms with van der Waals surface area (Å²) < 4.78 is 0. The zero-order chi connectivity index (χ0) is 14.3. The molecule has 0 bridgehead atoms. The highest BCUT2D eigenvalue weighted by molar-refractivity contribution is 5.47. The number of rotatable bonds is 7. The van der Waals surface area contributed by atoms with Crippen LogP contribution in [0.1, 0.15) is 36.1 Å². The van der Waals surface area contributed by atoms with Crippen molar-refractivity contribution in [3.8, 4) is 12.3 Å². The Morgan fingerprint density at radius 2 is 2.21 bits per heavy atom. The average molecular weight is 261 g/mol. The zero-order valence-corrected chi connectivity index (χ0v) is 11.4. The number of nitrogens with one attached hydrogen (secondary N) is 1. The molecule has 1 aromatic rings. The zero-order valence-electron chi connectivity index (χ0n) is 11.4. The molecule has 0 amide bonds. The van der Waals surface area contributed by atoms with Gasteiger partial charge in [0, 0.05) is 30.3 Å². The molecule has 1 heterocycles. The Morgan fingerprint density at radius 1 is 1.47 bits per heavy atom. The van der Waals surface area contributed by atoms with Crippen molar-refractivity contribution in [3.05, 3.63) is 33.1 Å². The molecule has 19 heavy (non-hydrogen) atoms. The van der Waals surface area contributed by atoms with Gasteiger partial charge in [-0.25, -0.2) is 0 Å². The molecule has 0 saturated carbocycles. The molecule has 5 heteroatoms. The molecule has 102 valence electrons. The van der Waals surface area contributed by atoms with Crippen LogP contribution in [0.15, 0.2) is 6.20 Å². The smallest absolute Gasteiger partial charge is 0.278 e. The van der Waals surface area contributed by atoms with Crippen LogP contribution in [0, 0.1) is 36.3 Å². The largest absolute Gasteiger partial charge is 0.311 e. The lowest BCUT2D eigenvalue weighted by Crippen LogP contribution is -2.17. The minimum absolute atomic E-state index is 0.166. The van der Waals surface area contributed by atoms with Crippen LogP contribution in [-0.4, -0.2) is 16.5 Å². The summed E-state index contributed by atoms with van der Waals surface area (Å²) in [5, 5.41) is 14.2. The molecule has 0 spiro atoms. The van der Waals surface area contributed by atoms with E-state index in [-0.39, 0.29) is 10.6 Å². The molecule has 5 nitrogen and oxygen atoms in total. The van der Waals surface area contributed by atoms with E-state index in [9.17, 15) is 10.1 Å². The number of hydrogen-bond donors (Lipinski definition) is 1. The first-order valence-corrected chi connectivity index (χ1v) is 6.31. The van der Waals surface area contributed by atoms with Crippen molar-refractivity contribution in [2.24, 2.45) is 0 Å². The molecule has 0 aliphatic carbocycles. The third kappa shape index (κ3) is 4.34. The van der Waals surface area contributed by atoms with Crippen molar-refractivity contribution in [2.75, 3.05) is 6.54 Å². The Balaban J connectivity index is 2.58. The number of aryl methyl sites for hydroxylation is 1. The Hall–Kier alpha value is -1.93. The van der Waals surface area contributed by atoms with Crippen LogP contribution in [0.4, 0.5) is 5.69 Å². The molecule has 0 fully saturated rings. The second kappa shape index (κ2) is 7.49. The molecular formula is C14H19N3O2. The Labute approximate surface area is 113 Å². The first-order chi connectivity index (χ1) is 9.07. The fourth-order valence-corrected chi connectivity index (χ4v) is 1.91. The van der Waals surface area contributed by atoms with Gasteiger partial charge in [-0.05, 0) is 33.2 Å². The molecule has 0 radical (unpaired) electrons. The molecule has 0 unspecified atom stereocenters. The lowest BCUT2D eigenvalue weighted by Gasteiger charge is -2.08. The van der Waals surface area contributed by atoms with Gasteiger partial charge in [0.1, 0.15) is 0 Å². The maximum atomic E-state index is 11.0. The van der Waals surface area contributed by atoms with Gasteiger partial charge >= 0.3 is 0 Å². The van der Waals surface area contributed by atoms with Gasteiger partial charge in [-0.2, -0.15) is 0 Å². The summed E-state index contributed by atoms with van der Waals surface area (Å²) in [4.78, 5) is 14.9. The number of hydrogen-bond acceptors (Lipinski definition) is 4. The maximum Gasteiger partial charge on any atom is 0.278 e. The molecule has 0 aromatic carbocycles. The van der Waals surface area contributed by atoms with E-state index in [0.29, 0.717) is 17.7 Å². The van der Waals surface area contributed by atoms with Crippen molar-refractivity contribution in [3.63, 3.8) is 0 Å². The van der Waals surface area contributed by atoms with Crippen molar-refractivity contribution < 1.29 is 4.92 Å². The number of unbranched alkanes of at least 4 members (excludes halogenated alkanes) is 2. The lowest BCUT2D eigenvalue weighted by atomic mass is 10.1. The van der Waals surface area contributed by atoms with Crippen LogP contribution in [0.2, 0.25) is 0 Å². The van der Waals surface area contributed by atoms with Crippen LogP contribution >= 0.6 is 0 Å². The minimum Gasteiger partial charge on any atom is -0.311 e. The van der Waals surface area contributed by atoms with Gasteiger partial charge in [-0.1, -0.05) is 0 Å². The molecule has 0 aliphatic heterocycles. The maximum absolute atomic E-state index is 11.0. The van der Waals surface area contributed by atoms with E-state index in [4.69, 9.17) is 6.42 Å². The topological polar surface area (TPSA) is 68.1 Å². The third-order valence-corrected chi connectivity index (χ3v) is 2.98. The third-order valence-electron chi connectivity index (χ3n) is 2.98. The highest BCUT2D eigenvalue weighted by Gasteiger charge is 2.18. The van der Waals surface area contributed by atoms with Crippen LogP contribution in [0.5, 0.6) is 0 Å². The Bertz CT molecular complexity index is 492. The van der Waals surface area contributed by atoms with Crippen LogP contribution in [0.25, 0.3) is 0 Å². The summed E-state index contributed by atoms with van der Waals surface area (Å²) in [6.07, 6.45) is 9.50. The van der Waals surface area contributed by atoms with Gasteiger partial charge in [-0.3, -0.25) is 15.1 Å².